The third kappa shape index (κ3) is 4.56. The summed E-state index contributed by atoms with van der Waals surface area (Å²) >= 11 is 0. The third-order valence-electron chi connectivity index (χ3n) is 4.73. The molecule has 0 radical (unpaired) electrons. The molecular weight excluding hydrogens is 370 g/mol. The van der Waals surface area contributed by atoms with Gasteiger partial charge in [0.25, 0.3) is 5.56 Å². The number of ether oxygens (including phenoxy) is 2. The fourth-order valence-corrected chi connectivity index (χ4v) is 3.24. The maximum Gasteiger partial charge on any atom is 0.272 e. The normalized spacial score (nSPS) is 10.7. The highest BCUT2D eigenvalue weighted by Crippen LogP contribution is 2.28. The molecule has 29 heavy (non-hydrogen) atoms. The van der Waals surface area contributed by atoms with Gasteiger partial charge in [-0.2, -0.15) is 5.10 Å². The predicted molar refractivity (Wildman–Crippen MR) is 111 cm³/mol. The van der Waals surface area contributed by atoms with Crippen LogP contribution < -0.4 is 15.0 Å². The first-order chi connectivity index (χ1) is 14.1. The fraction of sp³-hybridized carbons (Fsp3) is 0.318. The fourth-order valence-electron chi connectivity index (χ4n) is 3.24. The second kappa shape index (κ2) is 9.23. The van der Waals surface area contributed by atoms with E-state index in [0.29, 0.717) is 47.7 Å². The predicted octanol–water partition coefficient (Wildman–Crippen LogP) is 2.92. The van der Waals surface area contributed by atoms with Gasteiger partial charge in [-0.1, -0.05) is 24.3 Å². The molecule has 0 atom stereocenters. The minimum atomic E-state index is -0.259. The quantitative estimate of drug-likeness (QED) is 0.634. The zero-order valence-corrected chi connectivity index (χ0v) is 16.9. The van der Waals surface area contributed by atoms with Crippen LogP contribution in [0.4, 0.5) is 0 Å². The average molecular weight is 395 g/mol. The highest BCUT2D eigenvalue weighted by molar-refractivity contribution is 5.88. The van der Waals surface area contributed by atoms with E-state index in [1.54, 1.807) is 24.1 Å². The van der Waals surface area contributed by atoms with Crippen molar-refractivity contribution in [3.63, 3.8) is 0 Å². The van der Waals surface area contributed by atoms with Crippen molar-refractivity contribution in [3.05, 3.63) is 64.1 Å². The van der Waals surface area contributed by atoms with Gasteiger partial charge in [-0.15, -0.1) is 0 Å². The summed E-state index contributed by atoms with van der Waals surface area (Å²) in [5.74, 6) is 1.25. The van der Waals surface area contributed by atoms with E-state index >= 15 is 0 Å². The summed E-state index contributed by atoms with van der Waals surface area (Å²) in [6.07, 6.45) is 0.110. The molecule has 152 valence electrons. The van der Waals surface area contributed by atoms with Crippen molar-refractivity contribution in [2.45, 2.75) is 26.8 Å². The van der Waals surface area contributed by atoms with Crippen molar-refractivity contribution in [2.75, 3.05) is 20.3 Å². The first-order valence-corrected chi connectivity index (χ1v) is 9.61. The lowest BCUT2D eigenvalue weighted by Gasteiger charge is -2.22. The van der Waals surface area contributed by atoms with Gasteiger partial charge in [0.05, 0.1) is 31.2 Å². The highest BCUT2D eigenvalue weighted by Gasteiger charge is 2.17. The number of fused-ring (bicyclic) bond motifs is 1. The Morgan fingerprint density at radius 3 is 2.55 bits per heavy atom. The molecule has 0 spiro atoms. The minimum Gasteiger partial charge on any atom is -0.493 e. The summed E-state index contributed by atoms with van der Waals surface area (Å²) in [7, 11) is 1.59. The molecule has 2 aromatic carbocycles. The molecule has 0 aliphatic carbocycles. The number of aromatic amines is 1. The van der Waals surface area contributed by atoms with E-state index in [-0.39, 0.29) is 17.9 Å². The molecular formula is C22H25N3O4. The molecule has 7 heteroatoms. The number of carbonyl (C=O) groups excluding carboxylic acids is 1. The third-order valence-corrected chi connectivity index (χ3v) is 4.73. The van der Waals surface area contributed by atoms with Crippen molar-refractivity contribution < 1.29 is 14.3 Å². The number of H-pyrrole nitrogens is 1. The summed E-state index contributed by atoms with van der Waals surface area (Å²) in [5, 5.41) is 7.82. The second-order valence-corrected chi connectivity index (χ2v) is 6.55. The van der Waals surface area contributed by atoms with Crippen LogP contribution in [0, 0.1) is 0 Å². The lowest BCUT2D eigenvalue weighted by Crippen LogP contribution is -2.32. The van der Waals surface area contributed by atoms with Gasteiger partial charge in [0.1, 0.15) is 0 Å². The molecule has 0 aliphatic heterocycles. The van der Waals surface area contributed by atoms with E-state index < -0.39 is 0 Å². The van der Waals surface area contributed by atoms with E-state index in [1.165, 1.54) is 0 Å². The Labute approximate surface area is 169 Å². The van der Waals surface area contributed by atoms with E-state index in [2.05, 4.69) is 10.2 Å². The van der Waals surface area contributed by atoms with Gasteiger partial charge in [0.2, 0.25) is 5.91 Å². The zero-order chi connectivity index (χ0) is 20.8. The Kier molecular flexibility index (Phi) is 6.49. The van der Waals surface area contributed by atoms with Gasteiger partial charge in [-0.3, -0.25) is 9.59 Å². The number of likely N-dealkylation sites (N-methyl/N-ethyl adjacent to an activating group) is 1. The molecule has 0 bridgehead atoms. The monoisotopic (exact) mass is 395 g/mol. The summed E-state index contributed by atoms with van der Waals surface area (Å²) in [6, 6.07) is 12.8. The van der Waals surface area contributed by atoms with Gasteiger partial charge in [0.15, 0.2) is 11.5 Å². The molecule has 3 aromatic rings. The van der Waals surface area contributed by atoms with Crippen molar-refractivity contribution in [2.24, 2.45) is 0 Å². The number of carbonyl (C=O) groups is 1. The summed E-state index contributed by atoms with van der Waals surface area (Å²) < 4.78 is 10.9. The molecule has 3 rings (SSSR count). The smallest absolute Gasteiger partial charge is 0.272 e. The summed E-state index contributed by atoms with van der Waals surface area (Å²) in [5.41, 5.74) is 1.25. The largest absolute Gasteiger partial charge is 0.493 e. The van der Waals surface area contributed by atoms with Crippen LogP contribution in [-0.4, -0.2) is 41.3 Å². The Morgan fingerprint density at radius 2 is 1.86 bits per heavy atom. The van der Waals surface area contributed by atoms with Crippen LogP contribution in [0.2, 0.25) is 0 Å². The van der Waals surface area contributed by atoms with Gasteiger partial charge >= 0.3 is 0 Å². The summed E-state index contributed by atoms with van der Waals surface area (Å²) in [4.78, 5) is 26.6. The Hall–Kier alpha value is -3.35. The number of hydrogen-bond donors (Lipinski definition) is 1. The molecule has 0 aliphatic rings. The van der Waals surface area contributed by atoms with E-state index in [4.69, 9.17) is 9.47 Å². The number of amides is 1. The van der Waals surface area contributed by atoms with Gasteiger partial charge < -0.3 is 14.4 Å². The molecule has 0 unspecified atom stereocenters. The number of nitrogens with zero attached hydrogens (tertiary/aromatic N) is 2. The lowest BCUT2D eigenvalue weighted by atomic mass is 10.1. The van der Waals surface area contributed by atoms with Crippen LogP contribution in [0.3, 0.4) is 0 Å². The van der Waals surface area contributed by atoms with E-state index in [0.717, 1.165) is 5.56 Å². The average Bonchev–Trinajstić information content (AvgIpc) is 2.75. The van der Waals surface area contributed by atoms with Crippen LogP contribution in [0.15, 0.2) is 47.3 Å². The van der Waals surface area contributed by atoms with E-state index in [1.807, 2.05) is 44.2 Å². The number of hydrogen-bond acceptors (Lipinski definition) is 5. The number of nitrogens with one attached hydrogen (secondary N) is 1. The molecule has 1 aromatic heterocycles. The number of benzene rings is 2. The van der Waals surface area contributed by atoms with Crippen molar-refractivity contribution in [1.82, 2.24) is 15.1 Å². The molecule has 7 nitrogen and oxygen atoms in total. The lowest BCUT2D eigenvalue weighted by molar-refractivity contribution is -0.130. The van der Waals surface area contributed by atoms with Crippen molar-refractivity contribution in [3.8, 4) is 11.5 Å². The Morgan fingerprint density at radius 1 is 1.10 bits per heavy atom. The number of methoxy groups -OCH3 is 1. The first kappa shape index (κ1) is 20.4. The number of aromatic nitrogens is 2. The van der Waals surface area contributed by atoms with E-state index in [9.17, 15) is 9.59 Å². The van der Waals surface area contributed by atoms with Crippen LogP contribution in [0.25, 0.3) is 10.8 Å². The molecule has 0 saturated carbocycles. The van der Waals surface area contributed by atoms with Gasteiger partial charge in [-0.05, 0) is 37.6 Å². The van der Waals surface area contributed by atoms with Crippen LogP contribution in [0.5, 0.6) is 11.5 Å². The van der Waals surface area contributed by atoms with Crippen LogP contribution in [-0.2, 0) is 17.8 Å². The zero-order valence-electron chi connectivity index (χ0n) is 16.9. The number of rotatable bonds is 8. The molecule has 1 amide bonds. The Bertz CT molecular complexity index is 1060. The van der Waals surface area contributed by atoms with Crippen molar-refractivity contribution >= 4 is 16.7 Å². The van der Waals surface area contributed by atoms with Gasteiger partial charge in [0, 0.05) is 18.5 Å². The second-order valence-electron chi connectivity index (χ2n) is 6.55. The minimum absolute atomic E-state index is 0.0648. The standard InChI is InChI=1S/C22H25N3O4/c1-4-25(14-15-10-11-19(29-5-2)20(12-15)28-3)21(26)13-18-16-8-6-7-9-17(16)22(27)24-23-18/h6-12H,4-5,13-14H2,1-3H3,(H,24,27). The molecule has 0 saturated heterocycles. The highest BCUT2D eigenvalue weighted by atomic mass is 16.5. The molecule has 1 N–H and O–H groups in total. The van der Waals surface area contributed by atoms with Crippen LogP contribution >= 0.6 is 0 Å². The summed E-state index contributed by atoms with van der Waals surface area (Å²) in [6.45, 7) is 5.39. The maximum atomic E-state index is 12.9. The Balaban J connectivity index is 1.80. The van der Waals surface area contributed by atoms with Gasteiger partial charge in [-0.25, -0.2) is 5.10 Å². The first-order valence-electron chi connectivity index (χ1n) is 9.61. The molecule has 1 heterocycles. The van der Waals surface area contributed by atoms with Crippen molar-refractivity contribution in [1.29, 1.82) is 0 Å². The van der Waals surface area contributed by atoms with Crippen LogP contribution in [0.1, 0.15) is 25.1 Å². The topological polar surface area (TPSA) is 84.5 Å². The SMILES string of the molecule is CCOc1ccc(CN(CC)C(=O)Cc2n[nH]c(=O)c3ccccc23)cc1OC. The molecule has 0 fully saturated rings. The maximum absolute atomic E-state index is 12.9.